The van der Waals surface area contributed by atoms with Gasteiger partial charge in [-0.15, -0.1) is 0 Å². The van der Waals surface area contributed by atoms with Gasteiger partial charge in [-0.05, 0) is 42.2 Å². The number of cyclic esters (lactones) is 1. The summed E-state index contributed by atoms with van der Waals surface area (Å²) >= 11 is 0. The molecule has 2 aromatic carbocycles. The average Bonchev–Trinajstić information content (AvgIpc) is 2.89. The molecule has 0 aromatic heterocycles. The average molecular weight is 305 g/mol. The molecule has 0 amide bonds. The summed E-state index contributed by atoms with van der Waals surface area (Å²) in [5, 5.41) is 0. The van der Waals surface area contributed by atoms with E-state index in [1.54, 1.807) is 6.08 Å². The largest absolute Gasteiger partial charge is 0.402 e. The minimum atomic E-state index is -0.408. The number of carbonyl (C=O) groups is 1. The van der Waals surface area contributed by atoms with Crippen molar-refractivity contribution in [2.75, 3.05) is 0 Å². The second-order valence-electron chi connectivity index (χ2n) is 6.03. The number of benzene rings is 2. The molecule has 0 unspecified atom stereocenters. The fourth-order valence-electron chi connectivity index (χ4n) is 2.45. The van der Waals surface area contributed by atoms with Gasteiger partial charge in [0.1, 0.15) is 0 Å². The summed E-state index contributed by atoms with van der Waals surface area (Å²) in [5.74, 6) is 0.442. The number of nitrogens with zero attached hydrogens (tertiary/aromatic N) is 1. The van der Waals surface area contributed by atoms with Gasteiger partial charge >= 0.3 is 5.97 Å². The van der Waals surface area contributed by atoms with Crippen LogP contribution in [0.5, 0.6) is 0 Å². The fraction of sp³-hybridized carbons (Fsp3) is 0.200. The lowest BCUT2D eigenvalue weighted by molar-refractivity contribution is -0.129. The van der Waals surface area contributed by atoms with Crippen LogP contribution in [0.15, 0.2) is 59.2 Å². The first-order valence-electron chi connectivity index (χ1n) is 7.72. The molecule has 3 nitrogen and oxygen atoms in total. The molecule has 0 saturated carbocycles. The highest BCUT2D eigenvalue weighted by molar-refractivity contribution is 6.12. The van der Waals surface area contributed by atoms with Gasteiger partial charge in [0, 0.05) is 5.56 Å². The lowest BCUT2D eigenvalue weighted by Crippen LogP contribution is -2.05. The molecule has 0 atom stereocenters. The van der Waals surface area contributed by atoms with Gasteiger partial charge in [0.2, 0.25) is 5.90 Å². The quantitative estimate of drug-likeness (QED) is 0.620. The predicted octanol–water partition coefficient (Wildman–Crippen LogP) is 4.46. The summed E-state index contributed by atoms with van der Waals surface area (Å²) in [4.78, 5) is 16.4. The first kappa shape index (κ1) is 15.2. The van der Waals surface area contributed by atoms with Gasteiger partial charge in [0.25, 0.3) is 0 Å². The Morgan fingerprint density at radius 1 is 1.09 bits per heavy atom. The van der Waals surface area contributed by atoms with Crippen molar-refractivity contribution in [3.63, 3.8) is 0 Å². The Bertz CT molecular complexity index is 799. The molecular weight excluding hydrogens is 286 g/mol. The van der Waals surface area contributed by atoms with Gasteiger partial charge in [-0.2, -0.15) is 0 Å². The number of rotatable bonds is 3. The van der Waals surface area contributed by atoms with Crippen LogP contribution in [0.2, 0.25) is 0 Å². The Kier molecular flexibility index (Phi) is 4.11. The Labute approximate surface area is 136 Å². The monoisotopic (exact) mass is 305 g/mol. The Morgan fingerprint density at radius 2 is 1.83 bits per heavy atom. The molecule has 1 heterocycles. The highest BCUT2D eigenvalue weighted by atomic mass is 16.6. The number of hydrogen-bond donors (Lipinski definition) is 0. The summed E-state index contributed by atoms with van der Waals surface area (Å²) in [7, 11) is 0. The van der Waals surface area contributed by atoms with Gasteiger partial charge in [-0.25, -0.2) is 9.79 Å². The van der Waals surface area contributed by atoms with E-state index in [0.29, 0.717) is 17.5 Å². The van der Waals surface area contributed by atoms with E-state index in [1.165, 1.54) is 5.56 Å². The molecule has 0 saturated heterocycles. The van der Waals surface area contributed by atoms with E-state index in [4.69, 9.17) is 4.74 Å². The van der Waals surface area contributed by atoms with E-state index in [-0.39, 0.29) is 0 Å². The molecule has 0 aliphatic carbocycles. The first-order chi connectivity index (χ1) is 11.0. The van der Waals surface area contributed by atoms with Gasteiger partial charge in [0.05, 0.1) is 0 Å². The first-order valence-corrected chi connectivity index (χ1v) is 7.72. The van der Waals surface area contributed by atoms with E-state index < -0.39 is 5.97 Å². The lowest BCUT2D eigenvalue weighted by atomic mass is 10.0. The summed E-state index contributed by atoms with van der Waals surface area (Å²) in [6.07, 6.45) is 1.76. The molecular formula is C20H19NO2. The molecule has 0 radical (unpaired) electrons. The zero-order valence-electron chi connectivity index (χ0n) is 13.5. The van der Waals surface area contributed by atoms with Crippen molar-refractivity contribution in [1.29, 1.82) is 0 Å². The smallest absolute Gasteiger partial charge is 0.363 e. The number of ether oxygens (including phenoxy) is 1. The standard InChI is InChI=1S/C20H19NO2/c1-13(2)16-9-7-15(8-10-16)12-18-20(22)23-19(21-18)17-6-4-5-14(3)11-17/h4-13H,1-3H3/b18-12-. The minimum absolute atomic E-state index is 0.332. The molecule has 1 aliphatic rings. The van der Waals surface area contributed by atoms with Crippen LogP contribution in [0, 0.1) is 6.92 Å². The molecule has 116 valence electrons. The predicted molar refractivity (Wildman–Crippen MR) is 92.3 cm³/mol. The molecule has 3 rings (SSSR count). The van der Waals surface area contributed by atoms with Crippen LogP contribution < -0.4 is 0 Å². The lowest BCUT2D eigenvalue weighted by Gasteiger charge is -2.04. The van der Waals surface area contributed by atoms with E-state index in [2.05, 4.69) is 31.0 Å². The topological polar surface area (TPSA) is 38.7 Å². The van der Waals surface area contributed by atoms with Gasteiger partial charge in [0.15, 0.2) is 5.70 Å². The van der Waals surface area contributed by atoms with Crippen LogP contribution in [0.3, 0.4) is 0 Å². The number of aryl methyl sites for hydroxylation is 1. The van der Waals surface area contributed by atoms with Crippen LogP contribution in [0.25, 0.3) is 6.08 Å². The molecule has 0 bridgehead atoms. The maximum Gasteiger partial charge on any atom is 0.363 e. The summed E-state index contributed by atoms with van der Waals surface area (Å²) in [6.45, 7) is 6.30. The van der Waals surface area contributed by atoms with Crippen molar-refractivity contribution >= 4 is 17.9 Å². The Balaban J connectivity index is 1.88. The number of esters is 1. The van der Waals surface area contributed by atoms with Crippen molar-refractivity contribution in [2.45, 2.75) is 26.7 Å². The third-order valence-corrected chi connectivity index (χ3v) is 3.79. The highest BCUT2D eigenvalue weighted by Crippen LogP contribution is 2.21. The number of hydrogen-bond acceptors (Lipinski definition) is 3. The van der Waals surface area contributed by atoms with Gasteiger partial charge in [-0.1, -0.05) is 55.8 Å². The minimum Gasteiger partial charge on any atom is -0.402 e. The van der Waals surface area contributed by atoms with Crippen LogP contribution in [-0.2, 0) is 9.53 Å². The number of aliphatic imine (C=N–C) groups is 1. The SMILES string of the molecule is Cc1cccc(C2=N/C(=C\c3ccc(C(C)C)cc3)C(=O)O2)c1. The Morgan fingerprint density at radius 3 is 2.48 bits per heavy atom. The zero-order chi connectivity index (χ0) is 16.4. The van der Waals surface area contributed by atoms with E-state index >= 15 is 0 Å². The molecule has 23 heavy (non-hydrogen) atoms. The van der Waals surface area contributed by atoms with Crippen molar-refractivity contribution < 1.29 is 9.53 Å². The highest BCUT2D eigenvalue weighted by Gasteiger charge is 2.24. The van der Waals surface area contributed by atoms with Crippen LogP contribution in [0.1, 0.15) is 42.0 Å². The molecule has 3 heteroatoms. The number of carbonyl (C=O) groups excluding carboxylic acids is 1. The normalized spacial score (nSPS) is 15.9. The van der Waals surface area contributed by atoms with Crippen LogP contribution >= 0.6 is 0 Å². The third kappa shape index (κ3) is 3.39. The van der Waals surface area contributed by atoms with E-state index in [0.717, 1.165) is 16.7 Å². The maximum atomic E-state index is 12.0. The second-order valence-corrected chi connectivity index (χ2v) is 6.03. The summed E-state index contributed by atoms with van der Waals surface area (Å²) in [6, 6.07) is 15.9. The molecule has 1 aliphatic heterocycles. The summed E-state index contributed by atoms with van der Waals surface area (Å²) in [5.41, 5.74) is 4.46. The Hall–Kier alpha value is -2.68. The molecule has 0 N–H and O–H groups in total. The maximum absolute atomic E-state index is 12.0. The van der Waals surface area contributed by atoms with Crippen molar-refractivity contribution in [3.8, 4) is 0 Å². The van der Waals surface area contributed by atoms with E-state index in [9.17, 15) is 4.79 Å². The van der Waals surface area contributed by atoms with Crippen molar-refractivity contribution in [3.05, 3.63) is 76.5 Å². The summed E-state index contributed by atoms with van der Waals surface area (Å²) < 4.78 is 5.29. The van der Waals surface area contributed by atoms with Gasteiger partial charge in [-0.3, -0.25) is 0 Å². The van der Waals surface area contributed by atoms with E-state index in [1.807, 2.05) is 43.3 Å². The molecule has 2 aromatic rings. The van der Waals surface area contributed by atoms with Crippen LogP contribution in [-0.4, -0.2) is 11.9 Å². The molecule has 0 fully saturated rings. The molecule has 0 spiro atoms. The van der Waals surface area contributed by atoms with Crippen molar-refractivity contribution in [2.24, 2.45) is 4.99 Å². The fourth-order valence-corrected chi connectivity index (χ4v) is 2.45. The van der Waals surface area contributed by atoms with Gasteiger partial charge < -0.3 is 4.74 Å². The van der Waals surface area contributed by atoms with Crippen LogP contribution in [0.4, 0.5) is 0 Å². The zero-order valence-corrected chi connectivity index (χ0v) is 13.5. The van der Waals surface area contributed by atoms with Crippen molar-refractivity contribution in [1.82, 2.24) is 0 Å². The second kappa shape index (κ2) is 6.21. The third-order valence-electron chi connectivity index (χ3n) is 3.79.